The molecule has 0 saturated carbocycles. The van der Waals surface area contributed by atoms with Gasteiger partial charge in [-0.25, -0.2) is 0 Å². The summed E-state index contributed by atoms with van der Waals surface area (Å²) in [6, 6.07) is 15.6. The zero-order valence-corrected chi connectivity index (χ0v) is 15.2. The fourth-order valence-electron chi connectivity index (χ4n) is 3.02. The van der Waals surface area contributed by atoms with Crippen LogP contribution in [0.3, 0.4) is 0 Å². The van der Waals surface area contributed by atoms with Gasteiger partial charge >= 0.3 is 0 Å². The Bertz CT molecular complexity index is 727. The number of anilines is 1. The highest BCUT2D eigenvalue weighted by Gasteiger charge is 2.18. The summed E-state index contributed by atoms with van der Waals surface area (Å²) >= 11 is 0. The minimum Gasteiger partial charge on any atom is -0.493 e. The first-order chi connectivity index (χ1) is 12.8. The summed E-state index contributed by atoms with van der Waals surface area (Å²) in [6.45, 7) is 6.18. The number of ether oxygens (including phenoxy) is 2. The summed E-state index contributed by atoms with van der Waals surface area (Å²) in [7, 11) is 0. The number of morpholine rings is 1. The van der Waals surface area contributed by atoms with E-state index in [1.807, 2.05) is 48.5 Å². The Balaban J connectivity index is 1.69. The maximum absolute atomic E-state index is 12.8. The van der Waals surface area contributed by atoms with Crippen LogP contribution >= 0.6 is 0 Å². The Morgan fingerprint density at radius 1 is 1.12 bits per heavy atom. The Kier molecular flexibility index (Phi) is 6.50. The lowest BCUT2D eigenvalue weighted by molar-refractivity contribution is 0.0949. The molecule has 0 atom stereocenters. The van der Waals surface area contributed by atoms with Gasteiger partial charge in [-0.1, -0.05) is 37.3 Å². The largest absolute Gasteiger partial charge is 0.493 e. The van der Waals surface area contributed by atoms with Gasteiger partial charge < -0.3 is 19.7 Å². The van der Waals surface area contributed by atoms with Crippen molar-refractivity contribution in [3.8, 4) is 5.75 Å². The van der Waals surface area contributed by atoms with Gasteiger partial charge in [0, 0.05) is 30.9 Å². The molecule has 3 rings (SSSR count). The van der Waals surface area contributed by atoms with Gasteiger partial charge in [-0.3, -0.25) is 4.79 Å². The molecule has 1 fully saturated rings. The molecule has 5 heteroatoms. The predicted molar refractivity (Wildman–Crippen MR) is 103 cm³/mol. The predicted octanol–water partition coefficient (Wildman–Crippen LogP) is 3.24. The third-order valence-corrected chi connectivity index (χ3v) is 4.37. The lowest BCUT2D eigenvalue weighted by atomic mass is 10.1. The van der Waals surface area contributed by atoms with Gasteiger partial charge in [0.1, 0.15) is 5.75 Å². The average molecular weight is 354 g/mol. The van der Waals surface area contributed by atoms with E-state index in [1.54, 1.807) is 0 Å². The van der Waals surface area contributed by atoms with Gasteiger partial charge in [0.15, 0.2) is 0 Å². The van der Waals surface area contributed by atoms with E-state index in [2.05, 4.69) is 17.1 Å². The molecular weight excluding hydrogens is 328 g/mol. The number of para-hydroxylation sites is 2. The molecule has 2 aromatic rings. The van der Waals surface area contributed by atoms with E-state index in [4.69, 9.17) is 9.47 Å². The quantitative estimate of drug-likeness (QED) is 0.829. The van der Waals surface area contributed by atoms with Crippen molar-refractivity contribution in [2.24, 2.45) is 0 Å². The maximum Gasteiger partial charge on any atom is 0.253 e. The van der Waals surface area contributed by atoms with Crippen molar-refractivity contribution in [3.05, 3.63) is 59.7 Å². The first kappa shape index (κ1) is 18.3. The number of carbonyl (C=O) groups excluding carboxylic acids is 1. The van der Waals surface area contributed by atoms with Crippen LogP contribution < -0.4 is 15.0 Å². The first-order valence-corrected chi connectivity index (χ1v) is 9.20. The van der Waals surface area contributed by atoms with Crippen LogP contribution in [0.25, 0.3) is 0 Å². The molecule has 1 heterocycles. The lowest BCUT2D eigenvalue weighted by Gasteiger charge is -2.30. The highest BCUT2D eigenvalue weighted by atomic mass is 16.5. The number of amides is 1. The van der Waals surface area contributed by atoms with Gasteiger partial charge in [-0.2, -0.15) is 0 Å². The van der Waals surface area contributed by atoms with E-state index < -0.39 is 0 Å². The van der Waals surface area contributed by atoms with Gasteiger partial charge in [0.05, 0.1) is 25.4 Å². The second-order valence-electron chi connectivity index (χ2n) is 6.26. The van der Waals surface area contributed by atoms with E-state index in [9.17, 15) is 4.79 Å². The molecule has 0 unspecified atom stereocenters. The second kappa shape index (κ2) is 9.25. The molecule has 1 aliphatic rings. The topological polar surface area (TPSA) is 50.8 Å². The number of rotatable bonds is 7. The van der Waals surface area contributed by atoms with Crippen molar-refractivity contribution < 1.29 is 14.3 Å². The van der Waals surface area contributed by atoms with Crippen LogP contribution in [-0.4, -0.2) is 38.8 Å². The molecule has 1 amide bonds. The normalized spacial score (nSPS) is 14.1. The van der Waals surface area contributed by atoms with Crippen molar-refractivity contribution in [2.45, 2.75) is 19.9 Å². The molecular formula is C21H26N2O3. The van der Waals surface area contributed by atoms with Crippen molar-refractivity contribution in [1.29, 1.82) is 0 Å². The summed E-state index contributed by atoms with van der Waals surface area (Å²) in [5.74, 6) is 0.758. The minimum atomic E-state index is -0.0719. The van der Waals surface area contributed by atoms with Crippen LogP contribution in [0.5, 0.6) is 5.75 Å². The second-order valence-corrected chi connectivity index (χ2v) is 6.26. The monoisotopic (exact) mass is 354 g/mol. The number of carbonyl (C=O) groups is 1. The fraction of sp³-hybridized carbons (Fsp3) is 0.381. The molecule has 1 N–H and O–H groups in total. The third-order valence-electron chi connectivity index (χ3n) is 4.37. The lowest BCUT2D eigenvalue weighted by Crippen LogP contribution is -2.37. The molecule has 0 radical (unpaired) electrons. The molecule has 138 valence electrons. The van der Waals surface area contributed by atoms with Crippen LogP contribution in [0.15, 0.2) is 48.5 Å². The molecule has 0 bridgehead atoms. The highest BCUT2D eigenvalue weighted by Crippen LogP contribution is 2.22. The maximum atomic E-state index is 12.8. The SMILES string of the molecule is CCCOc1ccccc1CNC(=O)c1ccccc1N1CCOCC1. The number of hydrogen-bond acceptors (Lipinski definition) is 4. The van der Waals surface area contributed by atoms with Crippen molar-refractivity contribution in [3.63, 3.8) is 0 Å². The van der Waals surface area contributed by atoms with Crippen LogP contribution in [0.4, 0.5) is 5.69 Å². The third kappa shape index (κ3) is 4.55. The molecule has 1 aliphatic heterocycles. The van der Waals surface area contributed by atoms with Gasteiger partial charge in [-0.15, -0.1) is 0 Å². The summed E-state index contributed by atoms with van der Waals surface area (Å²) < 4.78 is 11.2. The Morgan fingerprint density at radius 2 is 1.85 bits per heavy atom. The molecule has 0 aromatic heterocycles. The van der Waals surface area contributed by atoms with E-state index in [0.717, 1.165) is 36.5 Å². The zero-order valence-electron chi connectivity index (χ0n) is 15.2. The van der Waals surface area contributed by atoms with E-state index >= 15 is 0 Å². The average Bonchev–Trinajstić information content (AvgIpc) is 2.71. The van der Waals surface area contributed by atoms with Crippen molar-refractivity contribution in [1.82, 2.24) is 5.32 Å². The van der Waals surface area contributed by atoms with Gasteiger partial charge in [-0.05, 0) is 24.6 Å². The zero-order chi connectivity index (χ0) is 18.2. The van der Waals surface area contributed by atoms with Crippen molar-refractivity contribution in [2.75, 3.05) is 37.8 Å². The first-order valence-electron chi connectivity index (χ1n) is 9.20. The van der Waals surface area contributed by atoms with Gasteiger partial charge in [0.25, 0.3) is 5.91 Å². The van der Waals surface area contributed by atoms with E-state index in [0.29, 0.717) is 31.9 Å². The Hall–Kier alpha value is -2.53. The molecule has 0 spiro atoms. The van der Waals surface area contributed by atoms with Crippen LogP contribution in [0.1, 0.15) is 29.3 Å². The summed E-state index contributed by atoms with van der Waals surface area (Å²) in [6.07, 6.45) is 0.952. The number of hydrogen-bond donors (Lipinski definition) is 1. The van der Waals surface area contributed by atoms with Gasteiger partial charge in [0.2, 0.25) is 0 Å². The van der Waals surface area contributed by atoms with E-state index in [1.165, 1.54) is 0 Å². The van der Waals surface area contributed by atoms with E-state index in [-0.39, 0.29) is 5.91 Å². The number of benzene rings is 2. The van der Waals surface area contributed by atoms with Crippen LogP contribution in [0, 0.1) is 0 Å². The molecule has 5 nitrogen and oxygen atoms in total. The summed E-state index contributed by atoms with van der Waals surface area (Å²) in [4.78, 5) is 15.0. The molecule has 0 aliphatic carbocycles. The number of nitrogens with zero attached hydrogens (tertiary/aromatic N) is 1. The smallest absolute Gasteiger partial charge is 0.253 e. The highest BCUT2D eigenvalue weighted by molar-refractivity contribution is 5.99. The Labute approximate surface area is 154 Å². The fourth-order valence-corrected chi connectivity index (χ4v) is 3.02. The van der Waals surface area contributed by atoms with Crippen molar-refractivity contribution >= 4 is 11.6 Å². The summed E-state index contributed by atoms with van der Waals surface area (Å²) in [5.41, 5.74) is 2.64. The molecule has 2 aromatic carbocycles. The van der Waals surface area contributed by atoms with Crippen LogP contribution in [0.2, 0.25) is 0 Å². The number of nitrogens with one attached hydrogen (secondary N) is 1. The van der Waals surface area contributed by atoms with Crippen LogP contribution in [-0.2, 0) is 11.3 Å². The molecule has 26 heavy (non-hydrogen) atoms. The minimum absolute atomic E-state index is 0.0719. The summed E-state index contributed by atoms with van der Waals surface area (Å²) in [5, 5.41) is 3.03. The molecule has 1 saturated heterocycles. The standard InChI is InChI=1S/C21H26N2O3/c1-2-13-26-20-10-6-3-7-17(20)16-22-21(24)18-8-4-5-9-19(18)23-11-14-25-15-12-23/h3-10H,2,11-16H2,1H3,(H,22,24). The Morgan fingerprint density at radius 3 is 2.65 bits per heavy atom.